The maximum absolute atomic E-state index is 4.95. The summed E-state index contributed by atoms with van der Waals surface area (Å²) in [6.45, 7) is 0. The van der Waals surface area contributed by atoms with Crippen LogP contribution in [0.25, 0.3) is 100 Å². The van der Waals surface area contributed by atoms with Gasteiger partial charge >= 0.3 is 0 Å². The molecule has 0 N–H and O–H groups in total. The molecule has 0 fully saturated rings. The molecule has 3 heterocycles. The first-order chi connectivity index (χ1) is 27.8. The van der Waals surface area contributed by atoms with E-state index in [-0.39, 0.29) is 7.43 Å². The first kappa shape index (κ1) is 33.9. The van der Waals surface area contributed by atoms with E-state index in [1.807, 2.05) is 60.7 Å². The Bertz CT molecular complexity index is 3160. The van der Waals surface area contributed by atoms with Gasteiger partial charge in [-0.1, -0.05) is 135 Å². The number of nitrogens with zero attached hydrogens (tertiary/aromatic N) is 5. The van der Waals surface area contributed by atoms with E-state index in [4.69, 9.17) is 15.0 Å². The number of rotatable bonds is 6. The van der Waals surface area contributed by atoms with Crippen molar-refractivity contribution >= 4 is 43.6 Å². The van der Waals surface area contributed by atoms with E-state index in [1.54, 1.807) is 0 Å². The zero-order chi connectivity index (χ0) is 37.0. The summed E-state index contributed by atoms with van der Waals surface area (Å²) in [6.07, 6.45) is 0. The molecule has 0 aliphatic rings. The van der Waals surface area contributed by atoms with E-state index in [0.717, 1.165) is 39.1 Å². The molecule has 5 heteroatoms. The van der Waals surface area contributed by atoms with Gasteiger partial charge in [-0.2, -0.15) is 0 Å². The second-order valence-electron chi connectivity index (χ2n) is 14.1. The quantitative estimate of drug-likeness (QED) is 0.171. The molecule has 3 aromatic heterocycles. The van der Waals surface area contributed by atoms with Crippen molar-refractivity contribution in [1.29, 1.82) is 0 Å². The number of hydrogen-bond donors (Lipinski definition) is 0. The molecule has 0 bridgehead atoms. The maximum atomic E-state index is 4.95. The minimum absolute atomic E-state index is 0. The van der Waals surface area contributed by atoms with Gasteiger partial charge in [0, 0.05) is 49.6 Å². The highest BCUT2D eigenvalue weighted by atomic mass is 15.0. The van der Waals surface area contributed by atoms with Crippen LogP contribution in [0.2, 0.25) is 0 Å². The Morgan fingerprint density at radius 3 is 1.05 bits per heavy atom. The van der Waals surface area contributed by atoms with Gasteiger partial charge in [0.25, 0.3) is 0 Å². The number of hydrogen-bond acceptors (Lipinski definition) is 3. The first-order valence-corrected chi connectivity index (χ1v) is 18.9. The lowest BCUT2D eigenvalue weighted by Gasteiger charge is -2.11. The molecule has 270 valence electrons. The van der Waals surface area contributed by atoms with E-state index in [9.17, 15) is 0 Å². The molecular weight excluding hydrogens is 695 g/mol. The van der Waals surface area contributed by atoms with Crippen LogP contribution in [0.5, 0.6) is 0 Å². The second kappa shape index (κ2) is 13.9. The van der Waals surface area contributed by atoms with Crippen molar-refractivity contribution < 1.29 is 0 Å². The van der Waals surface area contributed by atoms with Crippen molar-refractivity contribution in [3.8, 4) is 56.7 Å². The lowest BCUT2D eigenvalue weighted by molar-refractivity contribution is 1.07. The van der Waals surface area contributed by atoms with E-state index in [2.05, 4.69) is 149 Å². The average molecular weight is 732 g/mol. The predicted molar refractivity (Wildman–Crippen MR) is 237 cm³/mol. The summed E-state index contributed by atoms with van der Waals surface area (Å²) < 4.78 is 4.72. The van der Waals surface area contributed by atoms with E-state index in [1.165, 1.54) is 43.7 Å². The van der Waals surface area contributed by atoms with Gasteiger partial charge in [-0.05, 0) is 83.9 Å². The van der Waals surface area contributed by atoms with Gasteiger partial charge in [0.1, 0.15) is 0 Å². The summed E-state index contributed by atoms with van der Waals surface area (Å²) >= 11 is 0. The Labute approximate surface area is 330 Å². The molecule has 0 amide bonds. The number of aromatic nitrogens is 5. The Balaban J connectivity index is 0.00000396. The smallest absolute Gasteiger partial charge is 0.164 e. The highest BCUT2D eigenvalue weighted by molar-refractivity contribution is 6.12. The van der Waals surface area contributed by atoms with Crippen LogP contribution in [0.3, 0.4) is 0 Å². The van der Waals surface area contributed by atoms with Crippen LogP contribution in [0.15, 0.2) is 200 Å². The van der Waals surface area contributed by atoms with Crippen molar-refractivity contribution in [2.45, 2.75) is 7.43 Å². The Kier molecular flexibility index (Phi) is 8.27. The lowest BCUT2D eigenvalue weighted by atomic mass is 10.0. The standard InChI is InChI=1S/C51H33N5.CH4/c1-4-14-34(15-5-1)49-52-50(35-16-6-2-7-17-35)54-51(53-49)36-24-28-40(29-25-36)56-46-23-13-11-21-42(46)44-33-38(27-31-48(44)56)37-26-30-47-43(32-37)41-20-10-12-22-45(41)55(47)39-18-8-3-9-19-39;/h1-33H;1H4. The molecule has 5 nitrogen and oxygen atoms in total. The van der Waals surface area contributed by atoms with Crippen LogP contribution in [0.4, 0.5) is 0 Å². The molecule has 57 heavy (non-hydrogen) atoms. The van der Waals surface area contributed by atoms with E-state index >= 15 is 0 Å². The van der Waals surface area contributed by atoms with Crippen LogP contribution < -0.4 is 0 Å². The molecule has 8 aromatic carbocycles. The fraction of sp³-hybridized carbons (Fsp3) is 0.0192. The molecule has 0 saturated heterocycles. The van der Waals surface area contributed by atoms with Gasteiger partial charge in [-0.3, -0.25) is 0 Å². The van der Waals surface area contributed by atoms with E-state index in [0.29, 0.717) is 17.5 Å². The van der Waals surface area contributed by atoms with Gasteiger partial charge in [-0.15, -0.1) is 0 Å². The molecule has 0 atom stereocenters. The highest BCUT2D eigenvalue weighted by Crippen LogP contribution is 2.38. The summed E-state index contributed by atoms with van der Waals surface area (Å²) in [4.78, 5) is 14.8. The normalized spacial score (nSPS) is 11.4. The fourth-order valence-electron chi connectivity index (χ4n) is 8.14. The number of para-hydroxylation sites is 3. The first-order valence-electron chi connectivity index (χ1n) is 18.9. The summed E-state index contributed by atoms with van der Waals surface area (Å²) in [7, 11) is 0. The minimum atomic E-state index is 0. The molecule has 0 aliphatic carbocycles. The Morgan fingerprint density at radius 1 is 0.263 bits per heavy atom. The molecule has 0 radical (unpaired) electrons. The molecule has 0 unspecified atom stereocenters. The van der Waals surface area contributed by atoms with Crippen molar-refractivity contribution in [3.63, 3.8) is 0 Å². The Morgan fingerprint density at radius 2 is 0.596 bits per heavy atom. The zero-order valence-corrected chi connectivity index (χ0v) is 30.3. The van der Waals surface area contributed by atoms with Crippen molar-refractivity contribution in [3.05, 3.63) is 200 Å². The minimum Gasteiger partial charge on any atom is -0.309 e. The fourth-order valence-corrected chi connectivity index (χ4v) is 8.14. The summed E-state index contributed by atoms with van der Waals surface area (Å²) in [6, 6.07) is 70.5. The number of fused-ring (bicyclic) bond motifs is 6. The third kappa shape index (κ3) is 5.76. The van der Waals surface area contributed by atoms with Crippen molar-refractivity contribution in [2.75, 3.05) is 0 Å². The largest absolute Gasteiger partial charge is 0.309 e. The van der Waals surface area contributed by atoms with Gasteiger partial charge in [0.15, 0.2) is 17.5 Å². The van der Waals surface area contributed by atoms with Crippen LogP contribution in [-0.2, 0) is 0 Å². The van der Waals surface area contributed by atoms with E-state index < -0.39 is 0 Å². The number of benzene rings is 8. The third-order valence-corrected chi connectivity index (χ3v) is 10.8. The maximum Gasteiger partial charge on any atom is 0.164 e. The SMILES string of the molecule is C.c1ccc(-c2nc(-c3ccccc3)nc(-c3ccc(-n4c5ccccc5c5cc(-c6ccc7c(c6)c6ccccc6n7-c6ccccc6)ccc54)cc3)n2)cc1. The lowest BCUT2D eigenvalue weighted by Crippen LogP contribution is -2.00. The Hall–Kier alpha value is -7.63. The van der Waals surface area contributed by atoms with Crippen molar-refractivity contribution in [2.24, 2.45) is 0 Å². The molecular formula is C52H37N5. The molecule has 11 aromatic rings. The second-order valence-corrected chi connectivity index (χ2v) is 14.1. The molecule has 11 rings (SSSR count). The van der Waals surface area contributed by atoms with Crippen LogP contribution in [0.1, 0.15) is 7.43 Å². The topological polar surface area (TPSA) is 48.5 Å². The summed E-state index contributed by atoms with van der Waals surface area (Å²) in [5, 5.41) is 4.92. The highest BCUT2D eigenvalue weighted by Gasteiger charge is 2.17. The van der Waals surface area contributed by atoms with Gasteiger partial charge in [0.2, 0.25) is 0 Å². The van der Waals surface area contributed by atoms with Crippen LogP contribution >= 0.6 is 0 Å². The predicted octanol–water partition coefficient (Wildman–Crippen LogP) is 13.4. The average Bonchev–Trinajstić information content (AvgIpc) is 3.79. The van der Waals surface area contributed by atoms with Gasteiger partial charge < -0.3 is 9.13 Å². The van der Waals surface area contributed by atoms with Gasteiger partial charge in [0.05, 0.1) is 22.1 Å². The van der Waals surface area contributed by atoms with Crippen LogP contribution in [0, 0.1) is 0 Å². The van der Waals surface area contributed by atoms with Crippen LogP contribution in [-0.4, -0.2) is 24.1 Å². The molecule has 0 saturated carbocycles. The summed E-state index contributed by atoms with van der Waals surface area (Å²) in [5.41, 5.74) is 12.2. The van der Waals surface area contributed by atoms with Gasteiger partial charge in [-0.25, -0.2) is 15.0 Å². The monoisotopic (exact) mass is 731 g/mol. The summed E-state index contributed by atoms with van der Waals surface area (Å²) in [5.74, 6) is 1.94. The zero-order valence-electron chi connectivity index (χ0n) is 30.3. The molecule has 0 aliphatic heterocycles. The molecule has 0 spiro atoms. The van der Waals surface area contributed by atoms with Crippen molar-refractivity contribution in [1.82, 2.24) is 24.1 Å². The third-order valence-electron chi connectivity index (χ3n) is 10.8.